The van der Waals surface area contributed by atoms with Crippen molar-refractivity contribution in [1.29, 1.82) is 0 Å². The minimum absolute atomic E-state index is 0.0354. The second-order valence-corrected chi connectivity index (χ2v) is 12.4. The van der Waals surface area contributed by atoms with E-state index in [0.717, 1.165) is 16.3 Å². The molecule has 2 aliphatic rings. The van der Waals surface area contributed by atoms with Crippen LogP contribution in [0.25, 0.3) is 27.9 Å². The van der Waals surface area contributed by atoms with E-state index in [2.05, 4.69) is 4.98 Å². The lowest BCUT2D eigenvalue weighted by atomic mass is 9.87. The molecule has 1 amide bonds. The Morgan fingerprint density at radius 2 is 1.58 bits per heavy atom. The summed E-state index contributed by atoms with van der Waals surface area (Å²) in [5.74, 6) is -9.50. The van der Waals surface area contributed by atoms with Crippen molar-refractivity contribution < 1.29 is 57.9 Å². The maximum absolute atomic E-state index is 14.6. The van der Waals surface area contributed by atoms with Crippen LogP contribution in [-0.2, 0) is 35.2 Å². The molecule has 0 aliphatic carbocycles. The van der Waals surface area contributed by atoms with Crippen LogP contribution < -0.4 is 9.47 Å². The topological polar surface area (TPSA) is 195 Å². The van der Waals surface area contributed by atoms with Gasteiger partial charge in [-0.05, 0) is 71.7 Å². The highest BCUT2D eigenvalue weighted by Gasteiger charge is 2.64. The minimum atomic E-state index is -3.42. The summed E-state index contributed by atoms with van der Waals surface area (Å²) in [5.41, 5.74) is 2.69. The van der Waals surface area contributed by atoms with Gasteiger partial charge in [0.25, 0.3) is 5.91 Å². The van der Waals surface area contributed by atoms with Crippen LogP contribution in [0.2, 0.25) is 0 Å². The van der Waals surface area contributed by atoms with Gasteiger partial charge >= 0.3 is 23.7 Å². The highest BCUT2D eigenvalue weighted by molar-refractivity contribution is 6.02. The first-order chi connectivity index (χ1) is 25.0. The summed E-state index contributed by atoms with van der Waals surface area (Å²) in [4.78, 5) is 57.0. The highest BCUT2D eigenvalue weighted by atomic mass is 16.8. The molecular weight excluding hydrogens is 676 g/mol. The molecule has 3 N–H and O–H groups in total. The maximum Gasteiger partial charge on any atom is 0.377 e. The summed E-state index contributed by atoms with van der Waals surface area (Å²) in [6.07, 6.45) is -0.511. The van der Waals surface area contributed by atoms with Gasteiger partial charge in [-0.25, -0.2) is 19.4 Å². The van der Waals surface area contributed by atoms with Gasteiger partial charge in [-0.15, -0.1) is 0 Å². The number of aromatic nitrogens is 1. The minimum Gasteiger partial charge on any atom is -0.479 e. The van der Waals surface area contributed by atoms with Gasteiger partial charge in [0.1, 0.15) is 5.52 Å². The molecule has 1 fully saturated rings. The number of aliphatic carboxylic acids is 3. The molecule has 0 unspecified atom stereocenters. The zero-order valence-corrected chi connectivity index (χ0v) is 27.6. The summed E-state index contributed by atoms with van der Waals surface area (Å²) in [7, 11) is 0. The number of para-hydroxylation sites is 2. The van der Waals surface area contributed by atoms with Crippen molar-refractivity contribution in [2.24, 2.45) is 0 Å². The number of carbonyl (C=O) groups is 4. The number of benzene rings is 4. The van der Waals surface area contributed by atoms with Crippen molar-refractivity contribution in [1.82, 2.24) is 9.88 Å². The predicted octanol–water partition coefficient (Wildman–Crippen LogP) is 5.05. The fraction of sp³-hybridized carbons (Fsp3) is 0.237. The molecule has 7 rings (SSSR count). The van der Waals surface area contributed by atoms with E-state index in [1.165, 1.54) is 4.90 Å². The van der Waals surface area contributed by atoms with Gasteiger partial charge in [0, 0.05) is 18.5 Å². The number of fused-ring (bicyclic) bond motifs is 3. The van der Waals surface area contributed by atoms with Crippen molar-refractivity contribution in [2.45, 2.75) is 49.8 Å². The normalized spacial score (nSPS) is 18.8. The van der Waals surface area contributed by atoms with Crippen molar-refractivity contribution in [3.8, 4) is 11.5 Å². The fourth-order valence-electron chi connectivity index (χ4n) is 6.53. The van der Waals surface area contributed by atoms with Crippen LogP contribution in [0.4, 0.5) is 0 Å². The number of oxazole rings is 1. The number of carbonyl (C=O) groups excluding carboxylic acids is 1. The van der Waals surface area contributed by atoms with Gasteiger partial charge in [0.15, 0.2) is 29.3 Å². The van der Waals surface area contributed by atoms with Gasteiger partial charge in [-0.1, -0.05) is 60.7 Å². The first-order valence-electron chi connectivity index (χ1n) is 16.3. The van der Waals surface area contributed by atoms with Crippen LogP contribution in [0.15, 0.2) is 95.4 Å². The Morgan fingerprint density at radius 1 is 0.865 bits per heavy atom. The van der Waals surface area contributed by atoms with E-state index in [1.807, 2.05) is 72.8 Å². The molecule has 4 aromatic carbocycles. The van der Waals surface area contributed by atoms with E-state index in [9.17, 15) is 34.5 Å². The Balaban J connectivity index is 1.29. The van der Waals surface area contributed by atoms with Crippen molar-refractivity contribution >= 4 is 51.8 Å². The highest BCUT2D eigenvalue weighted by Crippen LogP contribution is 2.39. The molecule has 2 aliphatic heterocycles. The largest absolute Gasteiger partial charge is 0.479 e. The van der Waals surface area contributed by atoms with E-state index in [-0.39, 0.29) is 13.3 Å². The molecule has 266 valence electrons. The SMILES string of the molecule is C[C@H]([C@H](C/C=C/c1nc2ccccc2o1)c1ccc2c(c1)OCO2)N(Cc1ccc2ccccc2c1)C(=O)[C@@H]1OC(C(=O)O)(C(=O)O)O[C@@H]1C(=O)O. The van der Waals surface area contributed by atoms with Gasteiger partial charge in [0.2, 0.25) is 12.7 Å². The Bertz CT molecular complexity index is 2180. The molecule has 0 bridgehead atoms. The molecular formula is C38H32N2O12. The third-order valence-electron chi connectivity index (χ3n) is 9.22. The summed E-state index contributed by atoms with van der Waals surface area (Å²) < 4.78 is 27.3. The Labute approximate surface area is 295 Å². The summed E-state index contributed by atoms with van der Waals surface area (Å²) in [6.45, 7) is 1.71. The third-order valence-corrected chi connectivity index (χ3v) is 9.22. The van der Waals surface area contributed by atoms with E-state index >= 15 is 0 Å². The molecule has 3 heterocycles. The van der Waals surface area contributed by atoms with Gasteiger partial charge in [-0.3, -0.25) is 4.79 Å². The first-order valence-corrected chi connectivity index (χ1v) is 16.3. The standard InChI is InChI=1S/C38H32N2O12/c1-21(26(25-15-16-29-30(18-25)49-20-48-29)9-6-12-31-39-27-10-4-5-11-28(27)50-31)40(19-22-13-14-23-7-2-3-8-24(23)17-22)34(41)32-33(35(42)43)52-38(51-32,36(44)45)37(46)47/h2-8,10-18,21,26,32-33H,9,19-20H2,1H3,(H,42,43)(H,44,45)(H,46,47)/b12-6+/t21-,26+,32-,33+/m1/s1. The maximum atomic E-state index is 14.6. The van der Waals surface area contributed by atoms with Gasteiger partial charge in [-0.2, -0.15) is 0 Å². The number of nitrogens with zero attached hydrogens (tertiary/aromatic N) is 2. The average molecular weight is 709 g/mol. The molecule has 1 aromatic heterocycles. The average Bonchev–Trinajstić information content (AvgIpc) is 3.89. The number of amides is 1. The lowest BCUT2D eigenvalue weighted by molar-refractivity contribution is -0.221. The Morgan fingerprint density at radius 3 is 2.33 bits per heavy atom. The van der Waals surface area contributed by atoms with Crippen LogP contribution >= 0.6 is 0 Å². The Kier molecular flexibility index (Phi) is 9.09. The van der Waals surface area contributed by atoms with E-state index in [0.29, 0.717) is 40.5 Å². The number of rotatable bonds is 12. The number of hydrogen-bond acceptors (Lipinski definition) is 10. The first kappa shape index (κ1) is 34.2. The molecule has 14 nitrogen and oxygen atoms in total. The molecule has 0 radical (unpaired) electrons. The molecule has 0 saturated carbocycles. The zero-order valence-electron chi connectivity index (χ0n) is 27.6. The smallest absolute Gasteiger partial charge is 0.377 e. The third kappa shape index (κ3) is 6.40. The van der Waals surface area contributed by atoms with Crippen molar-refractivity contribution in [3.63, 3.8) is 0 Å². The van der Waals surface area contributed by atoms with E-state index in [1.54, 1.807) is 31.2 Å². The second kappa shape index (κ2) is 13.8. The number of allylic oxidation sites excluding steroid dienone is 1. The number of hydrogen-bond donors (Lipinski definition) is 3. The fourth-order valence-corrected chi connectivity index (χ4v) is 6.53. The van der Waals surface area contributed by atoms with Crippen LogP contribution in [-0.4, -0.2) is 79.8 Å². The Hall–Kier alpha value is -6.25. The molecule has 52 heavy (non-hydrogen) atoms. The van der Waals surface area contributed by atoms with Gasteiger partial charge < -0.3 is 43.6 Å². The number of carboxylic acid groups (broad SMARTS) is 3. The molecule has 1 saturated heterocycles. The zero-order chi connectivity index (χ0) is 36.6. The molecule has 5 aromatic rings. The molecule has 0 spiro atoms. The van der Waals surface area contributed by atoms with Crippen LogP contribution in [0, 0.1) is 0 Å². The number of ether oxygens (including phenoxy) is 4. The quantitative estimate of drug-likeness (QED) is 0.146. The lowest BCUT2D eigenvalue weighted by Crippen LogP contribution is -2.51. The van der Waals surface area contributed by atoms with Crippen molar-refractivity contribution in [2.75, 3.05) is 6.79 Å². The lowest BCUT2D eigenvalue weighted by Gasteiger charge is -2.36. The summed E-state index contributed by atoms with van der Waals surface area (Å²) in [6, 6.07) is 25.1. The molecule has 14 heteroatoms. The number of carboxylic acids is 3. The summed E-state index contributed by atoms with van der Waals surface area (Å²) in [5, 5.41) is 31.4. The summed E-state index contributed by atoms with van der Waals surface area (Å²) >= 11 is 0. The van der Waals surface area contributed by atoms with Crippen molar-refractivity contribution in [3.05, 3.63) is 108 Å². The van der Waals surface area contributed by atoms with E-state index < -0.39 is 53.8 Å². The molecule has 4 atom stereocenters. The second-order valence-electron chi connectivity index (χ2n) is 12.4. The van der Waals surface area contributed by atoms with Crippen LogP contribution in [0.3, 0.4) is 0 Å². The van der Waals surface area contributed by atoms with Crippen LogP contribution in [0.1, 0.15) is 36.3 Å². The van der Waals surface area contributed by atoms with Gasteiger partial charge in [0.05, 0.1) is 0 Å². The van der Waals surface area contributed by atoms with Crippen LogP contribution in [0.5, 0.6) is 11.5 Å². The monoisotopic (exact) mass is 708 g/mol. The predicted molar refractivity (Wildman–Crippen MR) is 182 cm³/mol. The van der Waals surface area contributed by atoms with E-state index in [4.69, 9.17) is 23.4 Å².